The minimum Gasteiger partial charge on any atom is -0.480 e. The van der Waals surface area contributed by atoms with Crippen LogP contribution in [0, 0.1) is 0 Å². The van der Waals surface area contributed by atoms with Crippen LogP contribution in [0.25, 0.3) is 0 Å². The van der Waals surface area contributed by atoms with Crippen molar-refractivity contribution in [2.45, 2.75) is 6.42 Å². The van der Waals surface area contributed by atoms with Gasteiger partial charge in [-0.3, -0.25) is 9.69 Å². The van der Waals surface area contributed by atoms with Crippen LogP contribution in [-0.2, 0) is 11.2 Å². The number of rotatable bonds is 5. The van der Waals surface area contributed by atoms with Gasteiger partial charge in [-0.25, -0.2) is 9.78 Å². The number of carbonyl (C=O) groups excluding carboxylic acids is 1. The zero-order valence-corrected chi connectivity index (χ0v) is 11.9. The standard InChI is InChI=1S/C12H18N4O3S/c17-11(18)9-15-4-6-16(7-5-15)12(19)14-2-1-10-13-3-8-20-10/h3,8H,1-2,4-7,9H2,(H,14,19)(H,17,18). The van der Waals surface area contributed by atoms with Gasteiger partial charge in [0, 0.05) is 50.7 Å². The molecule has 0 radical (unpaired) electrons. The van der Waals surface area contributed by atoms with E-state index in [2.05, 4.69) is 10.3 Å². The maximum atomic E-state index is 11.9. The SMILES string of the molecule is O=C(O)CN1CCN(C(=O)NCCc2nccs2)CC1. The van der Waals surface area contributed by atoms with Crippen molar-refractivity contribution in [3.8, 4) is 0 Å². The molecule has 0 saturated carbocycles. The van der Waals surface area contributed by atoms with E-state index in [-0.39, 0.29) is 12.6 Å². The number of piperazine rings is 1. The van der Waals surface area contributed by atoms with E-state index in [4.69, 9.17) is 5.11 Å². The highest BCUT2D eigenvalue weighted by Gasteiger charge is 2.21. The lowest BCUT2D eigenvalue weighted by Crippen LogP contribution is -2.52. The monoisotopic (exact) mass is 298 g/mol. The van der Waals surface area contributed by atoms with Crippen molar-refractivity contribution in [3.05, 3.63) is 16.6 Å². The summed E-state index contributed by atoms with van der Waals surface area (Å²) in [6.07, 6.45) is 2.49. The molecule has 0 unspecified atom stereocenters. The molecular weight excluding hydrogens is 280 g/mol. The molecule has 8 heteroatoms. The molecule has 2 rings (SSSR count). The van der Waals surface area contributed by atoms with Gasteiger partial charge in [-0.1, -0.05) is 0 Å². The minimum atomic E-state index is -0.827. The topological polar surface area (TPSA) is 85.8 Å². The van der Waals surface area contributed by atoms with Crippen LogP contribution in [0.15, 0.2) is 11.6 Å². The molecule has 1 saturated heterocycles. The third-order valence-electron chi connectivity index (χ3n) is 3.12. The van der Waals surface area contributed by atoms with E-state index in [9.17, 15) is 9.59 Å². The summed E-state index contributed by atoms with van der Waals surface area (Å²) in [5.74, 6) is -0.827. The van der Waals surface area contributed by atoms with Crippen LogP contribution >= 0.6 is 11.3 Å². The van der Waals surface area contributed by atoms with Gasteiger partial charge in [-0.2, -0.15) is 0 Å². The number of aliphatic carboxylic acids is 1. The number of carboxylic acids is 1. The van der Waals surface area contributed by atoms with Gasteiger partial charge >= 0.3 is 12.0 Å². The van der Waals surface area contributed by atoms with E-state index in [1.54, 1.807) is 22.4 Å². The van der Waals surface area contributed by atoms with Gasteiger partial charge in [0.2, 0.25) is 0 Å². The third kappa shape index (κ3) is 4.46. The van der Waals surface area contributed by atoms with E-state index in [0.717, 1.165) is 11.4 Å². The number of carbonyl (C=O) groups is 2. The molecular formula is C12H18N4O3S. The summed E-state index contributed by atoms with van der Waals surface area (Å²) in [5, 5.41) is 14.5. The molecule has 1 aromatic heterocycles. The predicted molar refractivity (Wildman–Crippen MR) is 74.9 cm³/mol. The van der Waals surface area contributed by atoms with Crippen molar-refractivity contribution in [2.24, 2.45) is 0 Å². The smallest absolute Gasteiger partial charge is 0.317 e. The van der Waals surface area contributed by atoms with E-state index in [1.165, 1.54) is 0 Å². The highest BCUT2D eigenvalue weighted by atomic mass is 32.1. The molecule has 1 fully saturated rings. The van der Waals surface area contributed by atoms with Gasteiger partial charge in [-0.05, 0) is 0 Å². The Bertz CT molecular complexity index is 444. The highest BCUT2D eigenvalue weighted by Crippen LogP contribution is 2.04. The van der Waals surface area contributed by atoms with Crippen molar-refractivity contribution in [1.29, 1.82) is 0 Å². The van der Waals surface area contributed by atoms with E-state index < -0.39 is 5.97 Å². The molecule has 110 valence electrons. The Morgan fingerprint density at radius 3 is 2.70 bits per heavy atom. The number of nitrogens with zero attached hydrogens (tertiary/aromatic N) is 3. The lowest BCUT2D eigenvalue weighted by molar-refractivity contribution is -0.138. The van der Waals surface area contributed by atoms with Crippen LogP contribution in [-0.4, -0.2) is 71.2 Å². The second-order valence-corrected chi connectivity index (χ2v) is 5.54. The quantitative estimate of drug-likeness (QED) is 0.805. The molecule has 7 nitrogen and oxygen atoms in total. The summed E-state index contributed by atoms with van der Waals surface area (Å²) in [6, 6.07) is -0.0865. The molecule has 1 aromatic rings. The lowest BCUT2D eigenvalue weighted by atomic mass is 10.3. The number of carboxylic acid groups (broad SMARTS) is 1. The first-order valence-electron chi connectivity index (χ1n) is 6.50. The predicted octanol–water partition coefficient (Wildman–Crippen LogP) is 0.0974. The summed E-state index contributed by atoms with van der Waals surface area (Å²) in [5.41, 5.74) is 0. The van der Waals surface area contributed by atoms with Crippen molar-refractivity contribution in [2.75, 3.05) is 39.3 Å². The molecule has 0 bridgehead atoms. The Labute approximate surface area is 121 Å². The highest BCUT2D eigenvalue weighted by molar-refractivity contribution is 7.09. The average Bonchev–Trinajstić information content (AvgIpc) is 2.92. The fourth-order valence-electron chi connectivity index (χ4n) is 2.06. The number of hydrogen-bond acceptors (Lipinski definition) is 5. The second kappa shape index (κ2) is 7.20. The zero-order chi connectivity index (χ0) is 14.4. The van der Waals surface area contributed by atoms with Crippen molar-refractivity contribution >= 4 is 23.3 Å². The summed E-state index contributed by atoms with van der Waals surface area (Å²) in [6.45, 7) is 2.95. The normalized spacial score (nSPS) is 16.1. The Balaban J connectivity index is 1.65. The van der Waals surface area contributed by atoms with E-state index in [1.807, 2.05) is 10.3 Å². The molecule has 2 N–H and O–H groups in total. The van der Waals surface area contributed by atoms with Crippen LogP contribution in [0.4, 0.5) is 4.79 Å². The molecule has 0 aromatic carbocycles. The summed E-state index contributed by atoms with van der Waals surface area (Å²) in [4.78, 5) is 30.2. The first-order chi connectivity index (χ1) is 9.65. The number of urea groups is 1. The van der Waals surface area contributed by atoms with Gasteiger partial charge in [-0.15, -0.1) is 11.3 Å². The number of aromatic nitrogens is 1. The maximum absolute atomic E-state index is 11.9. The fourth-order valence-corrected chi connectivity index (χ4v) is 2.69. The molecule has 0 aliphatic carbocycles. The molecule has 0 atom stereocenters. The number of thiazole rings is 1. The lowest BCUT2D eigenvalue weighted by Gasteiger charge is -2.33. The van der Waals surface area contributed by atoms with E-state index in [0.29, 0.717) is 32.7 Å². The second-order valence-electron chi connectivity index (χ2n) is 4.56. The maximum Gasteiger partial charge on any atom is 0.317 e. The molecule has 1 aliphatic rings. The van der Waals surface area contributed by atoms with Gasteiger partial charge in [0.15, 0.2) is 0 Å². The van der Waals surface area contributed by atoms with Crippen LogP contribution in [0.2, 0.25) is 0 Å². The number of amides is 2. The Kier molecular flexibility index (Phi) is 5.31. The van der Waals surface area contributed by atoms with Crippen molar-refractivity contribution in [3.63, 3.8) is 0 Å². The Morgan fingerprint density at radius 1 is 1.35 bits per heavy atom. The summed E-state index contributed by atoms with van der Waals surface area (Å²) < 4.78 is 0. The van der Waals surface area contributed by atoms with Crippen LogP contribution < -0.4 is 5.32 Å². The summed E-state index contributed by atoms with van der Waals surface area (Å²) >= 11 is 1.58. The first kappa shape index (κ1) is 14.7. The van der Waals surface area contributed by atoms with Gasteiger partial charge in [0.1, 0.15) is 0 Å². The molecule has 1 aliphatic heterocycles. The van der Waals surface area contributed by atoms with Crippen LogP contribution in [0.5, 0.6) is 0 Å². The van der Waals surface area contributed by atoms with E-state index >= 15 is 0 Å². The Morgan fingerprint density at radius 2 is 2.10 bits per heavy atom. The van der Waals surface area contributed by atoms with Gasteiger partial charge in [0.05, 0.1) is 11.6 Å². The van der Waals surface area contributed by atoms with Crippen molar-refractivity contribution < 1.29 is 14.7 Å². The number of nitrogens with one attached hydrogen (secondary N) is 1. The average molecular weight is 298 g/mol. The van der Waals surface area contributed by atoms with Gasteiger partial charge < -0.3 is 15.3 Å². The Hall–Kier alpha value is -1.67. The van der Waals surface area contributed by atoms with Crippen molar-refractivity contribution in [1.82, 2.24) is 20.1 Å². The molecule has 2 heterocycles. The molecule has 2 amide bonds. The van der Waals surface area contributed by atoms with Gasteiger partial charge in [0.25, 0.3) is 0 Å². The third-order valence-corrected chi connectivity index (χ3v) is 3.96. The summed E-state index contributed by atoms with van der Waals surface area (Å²) in [7, 11) is 0. The van der Waals surface area contributed by atoms with Crippen LogP contribution in [0.3, 0.4) is 0 Å². The number of hydrogen-bond donors (Lipinski definition) is 2. The molecule has 0 spiro atoms. The minimum absolute atomic E-state index is 0.0412. The zero-order valence-electron chi connectivity index (χ0n) is 11.1. The first-order valence-corrected chi connectivity index (χ1v) is 7.38. The largest absolute Gasteiger partial charge is 0.480 e. The fraction of sp³-hybridized carbons (Fsp3) is 0.583. The molecule has 20 heavy (non-hydrogen) atoms. The van der Waals surface area contributed by atoms with Crippen LogP contribution in [0.1, 0.15) is 5.01 Å².